The van der Waals surface area contributed by atoms with Crippen LogP contribution in [-0.4, -0.2) is 118 Å². The second-order valence-electron chi connectivity index (χ2n) is 17.2. The lowest BCUT2D eigenvalue weighted by atomic mass is 9.72. The number of hydrogen-bond donors (Lipinski definition) is 3. The van der Waals surface area contributed by atoms with Gasteiger partial charge in [0.05, 0.1) is 58.8 Å². The van der Waals surface area contributed by atoms with Crippen LogP contribution in [0.25, 0.3) is 16.5 Å². The minimum atomic E-state index is -4.64. The molecule has 2 amide bonds. The molecule has 19 heteroatoms. The molecule has 5 aromatic rings. The quantitative estimate of drug-likeness (QED) is 0.0767. The van der Waals surface area contributed by atoms with E-state index in [0.29, 0.717) is 36.3 Å². The highest BCUT2D eigenvalue weighted by Crippen LogP contribution is 2.43. The van der Waals surface area contributed by atoms with Crippen LogP contribution in [0.3, 0.4) is 0 Å². The molecule has 0 radical (unpaired) electrons. The van der Waals surface area contributed by atoms with Crippen molar-refractivity contribution in [3.8, 4) is 11.5 Å². The highest BCUT2D eigenvalue weighted by molar-refractivity contribution is 7.90. The number of sulfonamides is 1. The molecule has 0 bridgehead atoms. The molecule has 8 rings (SSSR count). The fourth-order valence-electron chi connectivity index (χ4n) is 8.60. The average Bonchev–Trinajstić information content (AvgIpc) is 3.79. The first-order chi connectivity index (χ1) is 31.2. The molecule has 0 saturated carbocycles. The van der Waals surface area contributed by atoms with Gasteiger partial charge < -0.3 is 29.3 Å². The number of morpholine rings is 1. The van der Waals surface area contributed by atoms with Gasteiger partial charge in [0.25, 0.3) is 21.6 Å². The number of nitrogens with zero attached hydrogens (tertiary/aromatic N) is 5. The fraction of sp³-hybridized carbons (Fsp3) is 0.370. The summed E-state index contributed by atoms with van der Waals surface area (Å²) in [5, 5.41) is 23.5. The number of aromatic nitrogens is 2. The smallest absolute Gasteiger partial charge is 0.409 e. The van der Waals surface area contributed by atoms with Gasteiger partial charge in [-0.05, 0) is 84.3 Å². The second-order valence-corrected chi connectivity index (χ2v) is 19.3. The zero-order chi connectivity index (χ0) is 45.9. The summed E-state index contributed by atoms with van der Waals surface area (Å²) in [5.41, 5.74) is 5.19. The van der Waals surface area contributed by atoms with Crippen molar-refractivity contribution in [1.29, 1.82) is 0 Å². The Kier molecular flexibility index (Phi) is 13.3. The van der Waals surface area contributed by atoms with Crippen molar-refractivity contribution in [2.75, 3.05) is 76.3 Å². The van der Waals surface area contributed by atoms with E-state index in [1.807, 2.05) is 18.2 Å². The molecule has 0 spiro atoms. The SMILES string of the molecule is COC(=O)N1CCOC(CNc2ccc(S(=O)(=O)NC(=O)c3ccc(N4CCN(CC5=C(c6ccc(Cl)cc6)CC(C)(C)CC5)CC4)cc3Oc3cccc4[nH]ncc34)cc2[N+](=O)[O-])C1. The number of rotatable bonds is 13. The van der Waals surface area contributed by atoms with Crippen LogP contribution in [0.4, 0.5) is 21.9 Å². The zero-order valence-electron chi connectivity index (χ0n) is 36.3. The summed E-state index contributed by atoms with van der Waals surface area (Å²) < 4.78 is 46.5. The van der Waals surface area contributed by atoms with Crippen LogP contribution in [0.1, 0.15) is 49.0 Å². The summed E-state index contributed by atoms with van der Waals surface area (Å²) in [7, 11) is -3.37. The molecule has 17 nitrogen and oxygen atoms in total. The zero-order valence-corrected chi connectivity index (χ0v) is 37.9. The Bertz CT molecular complexity index is 2740. The van der Waals surface area contributed by atoms with Gasteiger partial charge in [-0.25, -0.2) is 17.9 Å². The normalized spacial score (nSPS) is 18.1. The molecule has 1 atom stereocenters. The van der Waals surface area contributed by atoms with Crippen molar-refractivity contribution in [3.63, 3.8) is 0 Å². The lowest BCUT2D eigenvalue weighted by Gasteiger charge is -2.39. The van der Waals surface area contributed by atoms with E-state index in [0.717, 1.165) is 61.7 Å². The number of aromatic amines is 1. The summed E-state index contributed by atoms with van der Waals surface area (Å²) >= 11 is 6.24. The van der Waals surface area contributed by atoms with E-state index in [-0.39, 0.29) is 42.1 Å². The number of fused-ring (bicyclic) bond motifs is 1. The maximum absolute atomic E-state index is 14.0. The Labute approximate surface area is 381 Å². The third kappa shape index (κ3) is 10.5. The van der Waals surface area contributed by atoms with Crippen molar-refractivity contribution in [3.05, 3.63) is 117 Å². The van der Waals surface area contributed by atoms with Gasteiger partial charge in [0.2, 0.25) is 0 Å². The summed E-state index contributed by atoms with van der Waals surface area (Å²) in [6.45, 7) is 9.38. The van der Waals surface area contributed by atoms with E-state index in [1.165, 1.54) is 40.9 Å². The molecule has 1 aromatic heterocycles. The summed E-state index contributed by atoms with van der Waals surface area (Å²) in [6.07, 6.45) is 3.73. The van der Waals surface area contributed by atoms with Gasteiger partial charge in [0.1, 0.15) is 17.2 Å². The molecular weight excluding hydrogens is 876 g/mol. The number of nitrogens with one attached hydrogen (secondary N) is 3. The highest BCUT2D eigenvalue weighted by atomic mass is 35.5. The van der Waals surface area contributed by atoms with E-state index >= 15 is 0 Å². The average molecular weight is 927 g/mol. The molecule has 3 heterocycles. The standard InChI is InChI=1S/C46H51ClN8O9S/c1-46(2)16-15-31(37(25-46)30-7-9-32(47)10-8-30)28-52-17-19-53(20-18-52)33-11-13-36(43(23-33)64-42-6-4-5-39-38(42)27-49-50-39)44(56)51-65(60,61)35-12-14-40(41(24-35)55(58)59)48-26-34-29-54(21-22-63-34)45(57)62-3/h4-14,23-24,27,34,48H,15-22,25-26,28-29H2,1-3H3,(H,49,50)(H,51,56). The second kappa shape index (κ2) is 19.1. The number of H-pyrrole nitrogens is 1. The van der Waals surface area contributed by atoms with Gasteiger partial charge in [0.15, 0.2) is 0 Å². The first-order valence-electron chi connectivity index (χ1n) is 21.4. The summed E-state index contributed by atoms with van der Waals surface area (Å²) in [5.74, 6) is -0.494. The van der Waals surface area contributed by atoms with Crippen molar-refractivity contribution >= 4 is 67.2 Å². The molecule has 2 aliphatic heterocycles. The van der Waals surface area contributed by atoms with Gasteiger partial charge >= 0.3 is 6.09 Å². The van der Waals surface area contributed by atoms with Crippen LogP contribution in [-0.2, 0) is 19.5 Å². The molecule has 342 valence electrons. The Morgan fingerprint density at radius 2 is 1.80 bits per heavy atom. The third-order valence-corrected chi connectivity index (χ3v) is 13.8. The molecule has 2 fully saturated rings. The first-order valence-corrected chi connectivity index (χ1v) is 23.2. The van der Waals surface area contributed by atoms with Crippen LogP contribution in [0.15, 0.2) is 95.5 Å². The van der Waals surface area contributed by atoms with Crippen LogP contribution in [0, 0.1) is 15.5 Å². The van der Waals surface area contributed by atoms with E-state index < -0.39 is 43.6 Å². The fourth-order valence-corrected chi connectivity index (χ4v) is 9.71. The minimum absolute atomic E-state index is 0.0254. The molecule has 2 saturated heterocycles. The maximum atomic E-state index is 14.0. The van der Waals surface area contributed by atoms with Crippen LogP contribution in [0.2, 0.25) is 5.02 Å². The number of halogens is 1. The number of carbonyl (C=O) groups is 2. The lowest BCUT2D eigenvalue weighted by molar-refractivity contribution is -0.384. The predicted molar refractivity (Wildman–Crippen MR) is 247 cm³/mol. The largest absolute Gasteiger partial charge is 0.456 e. The summed E-state index contributed by atoms with van der Waals surface area (Å²) in [4.78, 5) is 43.1. The molecule has 3 N–H and O–H groups in total. The third-order valence-electron chi connectivity index (χ3n) is 12.2. The molecule has 1 unspecified atom stereocenters. The van der Waals surface area contributed by atoms with Crippen molar-refractivity contribution < 1.29 is 37.1 Å². The number of ether oxygens (including phenoxy) is 3. The van der Waals surface area contributed by atoms with E-state index in [2.05, 4.69) is 56.0 Å². The van der Waals surface area contributed by atoms with E-state index in [9.17, 15) is 28.1 Å². The van der Waals surface area contributed by atoms with Gasteiger partial charge in [0, 0.05) is 68.7 Å². The molecule has 3 aliphatic rings. The number of amides is 2. The molecule has 4 aromatic carbocycles. The van der Waals surface area contributed by atoms with E-state index in [1.54, 1.807) is 30.5 Å². The van der Waals surface area contributed by atoms with Gasteiger partial charge in [-0.15, -0.1) is 0 Å². The molecular formula is C46H51ClN8O9S. The molecule has 65 heavy (non-hydrogen) atoms. The number of nitro groups is 1. The van der Waals surface area contributed by atoms with Crippen molar-refractivity contribution in [2.24, 2.45) is 5.41 Å². The Morgan fingerprint density at radius 3 is 2.55 bits per heavy atom. The number of piperazine rings is 1. The number of anilines is 2. The number of methoxy groups -OCH3 is 1. The molecule has 1 aliphatic carbocycles. The van der Waals surface area contributed by atoms with E-state index in [4.69, 9.17) is 25.8 Å². The Hall–Kier alpha value is -6.21. The first kappa shape index (κ1) is 45.4. The monoisotopic (exact) mass is 926 g/mol. The Morgan fingerprint density at radius 1 is 1.02 bits per heavy atom. The van der Waals surface area contributed by atoms with Crippen LogP contribution in [0.5, 0.6) is 11.5 Å². The number of hydrogen-bond acceptors (Lipinski definition) is 13. The van der Waals surface area contributed by atoms with Crippen LogP contribution >= 0.6 is 11.6 Å². The number of carbonyl (C=O) groups excluding carboxylic acids is 2. The van der Waals surface area contributed by atoms with Gasteiger partial charge in [-0.1, -0.05) is 49.2 Å². The number of allylic oxidation sites excluding steroid dienone is 1. The van der Waals surface area contributed by atoms with Crippen molar-refractivity contribution in [2.45, 2.75) is 44.1 Å². The van der Waals surface area contributed by atoms with Gasteiger partial charge in [-0.2, -0.15) is 5.10 Å². The van der Waals surface area contributed by atoms with Crippen molar-refractivity contribution in [1.82, 2.24) is 24.7 Å². The number of benzene rings is 4. The van der Waals surface area contributed by atoms with Crippen LogP contribution < -0.4 is 19.7 Å². The lowest BCUT2D eigenvalue weighted by Crippen LogP contribution is -2.47. The predicted octanol–water partition coefficient (Wildman–Crippen LogP) is 7.70. The Balaban J connectivity index is 0.995. The summed E-state index contributed by atoms with van der Waals surface area (Å²) in [6, 6.07) is 21.8. The topological polar surface area (TPSA) is 202 Å². The maximum Gasteiger partial charge on any atom is 0.409 e. The highest BCUT2D eigenvalue weighted by Gasteiger charge is 2.31. The minimum Gasteiger partial charge on any atom is -0.456 e. The number of nitro benzene ring substituents is 1. The van der Waals surface area contributed by atoms with Gasteiger partial charge in [-0.3, -0.25) is 24.9 Å².